The van der Waals surface area contributed by atoms with Gasteiger partial charge in [-0.1, -0.05) is 11.8 Å². The van der Waals surface area contributed by atoms with Gasteiger partial charge in [-0.05, 0) is 26.0 Å². The summed E-state index contributed by atoms with van der Waals surface area (Å²) in [5, 5.41) is 2.65. The van der Waals surface area contributed by atoms with E-state index in [2.05, 4.69) is 5.32 Å². The van der Waals surface area contributed by atoms with Gasteiger partial charge in [-0.15, -0.1) is 0 Å². The molecule has 1 aromatic heterocycles. The second kappa shape index (κ2) is 5.89. The lowest BCUT2D eigenvalue weighted by molar-refractivity contribution is 0.0914. The van der Waals surface area contributed by atoms with E-state index in [0.29, 0.717) is 17.5 Å². The molecule has 0 aromatic carbocycles. The highest BCUT2D eigenvalue weighted by molar-refractivity contribution is 7.98. The first-order valence-corrected chi connectivity index (χ1v) is 5.83. The first-order chi connectivity index (χ1) is 7.49. The van der Waals surface area contributed by atoms with Gasteiger partial charge in [0.2, 0.25) is 0 Å². The summed E-state index contributed by atoms with van der Waals surface area (Å²) >= 11 is 0.465. The zero-order valence-electron chi connectivity index (χ0n) is 9.00. The number of hydrogen-bond donors (Lipinski definition) is 1. The lowest BCUT2D eigenvalue weighted by atomic mass is 10.3. The fourth-order valence-corrected chi connectivity index (χ4v) is 1.50. The molecule has 0 aliphatic carbocycles. The van der Waals surface area contributed by atoms with Crippen molar-refractivity contribution in [3.8, 4) is 0 Å². The van der Waals surface area contributed by atoms with Crippen LogP contribution in [-0.4, -0.2) is 17.7 Å². The summed E-state index contributed by atoms with van der Waals surface area (Å²) in [7, 11) is 0. The van der Waals surface area contributed by atoms with Crippen LogP contribution in [0.1, 0.15) is 30.2 Å². The molecule has 0 atom stereocenters. The highest BCUT2D eigenvalue weighted by Crippen LogP contribution is 2.21. The average molecular weight is 249 g/mol. The third-order valence-electron chi connectivity index (χ3n) is 1.66. The topological polar surface area (TPSA) is 42.2 Å². The lowest BCUT2D eigenvalue weighted by Gasteiger charge is -2.05. The van der Waals surface area contributed by atoms with E-state index in [9.17, 15) is 13.6 Å². The monoisotopic (exact) mass is 249 g/mol. The second-order valence-electron chi connectivity index (χ2n) is 3.47. The van der Waals surface area contributed by atoms with Gasteiger partial charge in [0.15, 0.2) is 5.76 Å². The number of thioether (sulfide) groups is 1. The first kappa shape index (κ1) is 13.0. The van der Waals surface area contributed by atoms with Gasteiger partial charge in [0.1, 0.15) is 5.76 Å². The van der Waals surface area contributed by atoms with Crippen molar-refractivity contribution in [2.75, 3.05) is 0 Å². The summed E-state index contributed by atoms with van der Waals surface area (Å²) in [6, 6.07) is 3.03. The molecule has 0 aliphatic rings. The summed E-state index contributed by atoms with van der Waals surface area (Å²) in [5.74, 6) is -2.17. The Labute approximate surface area is 96.6 Å². The number of amides is 1. The van der Waals surface area contributed by atoms with E-state index >= 15 is 0 Å². The maximum Gasteiger partial charge on any atom is 0.287 e. The van der Waals surface area contributed by atoms with Gasteiger partial charge in [-0.25, -0.2) is 0 Å². The standard InChI is InChI=1S/C10H13F2NO2S/c1-6(2)13-9(14)8-4-3-7(15-8)5-16-10(11)12/h3-4,6,10H,5H2,1-2H3,(H,13,14). The van der Waals surface area contributed by atoms with Crippen LogP contribution in [0.5, 0.6) is 0 Å². The third kappa shape index (κ3) is 4.22. The molecule has 16 heavy (non-hydrogen) atoms. The van der Waals surface area contributed by atoms with Gasteiger partial charge < -0.3 is 9.73 Å². The van der Waals surface area contributed by atoms with E-state index in [4.69, 9.17) is 4.42 Å². The van der Waals surface area contributed by atoms with Crippen LogP contribution in [0.4, 0.5) is 8.78 Å². The van der Waals surface area contributed by atoms with Crippen molar-refractivity contribution in [1.82, 2.24) is 5.32 Å². The van der Waals surface area contributed by atoms with Crippen molar-refractivity contribution in [2.24, 2.45) is 0 Å². The minimum Gasteiger partial charge on any atom is -0.455 e. The highest BCUT2D eigenvalue weighted by atomic mass is 32.2. The Bertz CT molecular complexity index is 352. The Morgan fingerprint density at radius 1 is 1.50 bits per heavy atom. The largest absolute Gasteiger partial charge is 0.455 e. The number of halogens is 2. The van der Waals surface area contributed by atoms with E-state index in [1.807, 2.05) is 13.8 Å². The van der Waals surface area contributed by atoms with E-state index in [1.54, 1.807) is 0 Å². The molecule has 0 spiro atoms. The Kier molecular flexibility index (Phi) is 4.79. The molecule has 1 aromatic rings. The zero-order valence-corrected chi connectivity index (χ0v) is 9.81. The Morgan fingerprint density at radius 3 is 2.75 bits per heavy atom. The number of alkyl halides is 2. The van der Waals surface area contributed by atoms with Gasteiger partial charge >= 0.3 is 0 Å². The minimum atomic E-state index is -2.43. The van der Waals surface area contributed by atoms with Crippen LogP contribution in [0.15, 0.2) is 16.5 Å². The molecule has 0 bridgehead atoms. The molecule has 0 unspecified atom stereocenters. The van der Waals surface area contributed by atoms with Crippen molar-refractivity contribution < 1.29 is 18.0 Å². The van der Waals surface area contributed by atoms with E-state index < -0.39 is 5.76 Å². The number of carbonyl (C=O) groups is 1. The molecule has 0 radical (unpaired) electrons. The van der Waals surface area contributed by atoms with Crippen LogP contribution in [-0.2, 0) is 5.75 Å². The fraction of sp³-hybridized carbons (Fsp3) is 0.500. The quantitative estimate of drug-likeness (QED) is 0.872. The number of rotatable bonds is 5. The van der Waals surface area contributed by atoms with Crippen molar-refractivity contribution in [3.63, 3.8) is 0 Å². The molecule has 1 rings (SSSR count). The van der Waals surface area contributed by atoms with Crippen LogP contribution < -0.4 is 5.32 Å². The zero-order chi connectivity index (χ0) is 12.1. The molecule has 3 nitrogen and oxygen atoms in total. The lowest BCUT2D eigenvalue weighted by Crippen LogP contribution is -2.29. The van der Waals surface area contributed by atoms with Gasteiger partial charge in [0.25, 0.3) is 11.7 Å². The number of furan rings is 1. The van der Waals surface area contributed by atoms with Gasteiger partial charge in [-0.2, -0.15) is 8.78 Å². The predicted octanol–water partition coefficient (Wildman–Crippen LogP) is 2.87. The van der Waals surface area contributed by atoms with Crippen molar-refractivity contribution in [3.05, 3.63) is 23.7 Å². The van der Waals surface area contributed by atoms with E-state index in [0.717, 1.165) is 0 Å². The molecule has 1 heterocycles. The second-order valence-corrected chi connectivity index (χ2v) is 4.44. The van der Waals surface area contributed by atoms with Crippen molar-refractivity contribution >= 4 is 17.7 Å². The first-order valence-electron chi connectivity index (χ1n) is 4.78. The molecule has 0 fully saturated rings. The SMILES string of the molecule is CC(C)NC(=O)c1ccc(CSC(F)F)o1. The summed E-state index contributed by atoms with van der Waals surface area (Å²) in [4.78, 5) is 11.4. The van der Waals surface area contributed by atoms with Crippen LogP contribution >= 0.6 is 11.8 Å². The average Bonchev–Trinajstić information content (AvgIpc) is 2.61. The summed E-state index contributed by atoms with van der Waals surface area (Å²) < 4.78 is 28.9. The van der Waals surface area contributed by atoms with Crippen LogP contribution in [0, 0.1) is 0 Å². The number of hydrogen-bond acceptors (Lipinski definition) is 3. The minimum absolute atomic E-state index is 0.0106. The maximum atomic E-state index is 11.9. The molecular formula is C10H13F2NO2S. The van der Waals surface area contributed by atoms with Gasteiger partial charge in [-0.3, -0.25) is 4.79 Å². The fourth-order valence-electron chi connectivity index (χ4n) is 1.06. The van der Waals surface area contributed by atoms with Gasteiger partial charge in [0, 0.05) is 6.04 Å². The molecule has 0 saturated heterocycles. The number of nitrogens with one attached hydrogen (secondary N) is 1. The van der Waals surface area contributed by atoms with E-state index in [1.165, 1.54) is 12.1 Å². The molecule has 90 valence electrons. The normalized spacial score (nSPS) is 11.1. The number of carbonyl (C=O) groups excluding carboxylic acids is 1. The molecule has 0 saturated carbocycles. The van der Waals surface area contributed by atoms with Crippen LogP contribution in [0.3, 0.4) is 0 Å². The molecule has 1 amide bonds. The van der Waals surface area contributed by atoms with Crippen molar-refractivity contribution in [1.29, 1.82) is 0 Å². The Morgan fingerprint density at radius 2 is 2.19 bits per heavy atom. The van der Waals surface area contributed by atoms with Crippen molar-refractivity contribution in [2.45, 2.75) is 31.4 Å². The van der Waals surface area contributed by atoms with Crippen LogP contribution in [0.25, 0.3) is 0 Å². The Hall–Kier alpha value is -1.04. The predicted molar refractivity (Wildman–Crippen MR) is 58.6 cm³/mol. The highest BCUT2D eigenvalue weighted by Gasteiger charge is 2.13. The van der Waals surface area contributed by atoms with Gasteiger partial charge in [0.05, 0.1) is 5.75 Å². The Balaban J connectivity index is 2.54. The molecule has 1 N–H and O–H groups in total. The maximum absolute atomic E-state index is 11.9. The third-order valence-corrected chi connectivity index (χ3v) is 2.36. The molecule has 0 aliphatic heterocycles. The van der Waals surface area contributed by atoms with E-state index in [-0.39, 0.29) is 23.5 Å². The molecule has 6 heteroatoms. The summed E-state index contributed by atoms with van der Waals surface area (Å²) in [6.07, 6.45) is 0. The smallest absolute Gasteiger partial charge is 0.287 e. The molecular weight excluding hydrogens is 236 g/mol. The summed E-state index contributed by atoms with van der Waals surface area (Å²) in [6.45, 7) is 3.66. The summed E-state index contributed by atoms with van der Waals surface area (Å²) in [5.41, 5.74) is 0. The van der Waals surface area contributed by atoms with Crippen LogP contribution in [0.2, 0.25) is 0 Å².